The van der Waals surface area contributed by atoms with Crippen LogP contribution in [0.5, 0.6) is 0 Å². The van der Waals surface area contributed by atoms with E-state index in [9.17, 15) is 0 Å². The second kappa shape index (κ2) is 4.07. The van der Waals surface area contributed by atoms with Crippen LogP contribution in [0.25, 0.3) is 27.0 Å². The molecule has 4 aromatic heterocycles. The summed E-state index contributed by atoms with van der Waals surface area (Å²) in [4.78, 5) is 7.35. The number of nitrogens with zero attached hydrogens (tertiary/aromatic N) is 2. The van der Waals surface area contributed by atoms with Crippen LogP contribution in [0, 0.1) is 13.8 Å². The Morgan fingerprint density at radius 2 is 2.10 bits per heavy atom. The number of fused-ring (bicyclic) bond motifs is 3. The maximum Gasteiger partial charge on any atom is 0.147 e. The van der Waals surface area contributed by atoms with Crippen LogP contribution < -0.4 is 5.73 Å². The molecule has 0 unspecified atom stereocenters. The molecule has 4 aromatic rings. The molecule has 0 fully saturated rings. The van der Waals surface area contributed by atoms with Gasteiger partial charge in [0, 0.05) is 31.6 Å². The van der Waals surface area contributed by atoms with Gasteiger partial charge in [0.25, 0.3) is 0 Å². The van der Waals surface area contributed by atoms with Gasteiger partial charge in [-0.05, 0) is 37.4 Å². The van der Waals surface area contributed by atoms with Gasteiger partial charge >= 0.3 is 0 Å². The molecular formula is C15H13N3S2. The summed E-state index contributed by atoms with van der Waals surface area (Å²) in [5.41, 5.74) is 9.28. The molecule has 100 valence electrons. The van der Waals surface area contributed by atoms with E-state index in [1.807, 2.05) is 10.6 Å². The normalized spacial score (nSPS) is 11.7. The smallest absolute Gasteiger partial charge is 0.147 e. The Morgan fingerprint density at radius 3 is 2.85 bits per heavy atom. The Kier molecular flexibility index (Phi) is 2.43. The van der Waals surface area contributed by atoms with Gasteiger partial charge in [-0.2, -0.15) is 0 Å². The van der Waals surface area contributed by atoms with Crippen molar-refractivity contribution in [3.63, 3.8) is 0 Å². The molecule has 20 heavy (non-hydrogen) atoms. The lowest BCUT2D eigenvalue weighted by atomic mass is 10.2. The fourth-order valence-electron chi connectivity index (χ4n) is 2.59. The van der Waals surface area contributed by atoms with E-state index < -0.39 is 0 Å². The van der Waals surface area contributed by atoms with Crippen molar-refractivity contribution in [1.82, 2.24) is 9.38 Å². The summed E-state index contributed by atoms with van der Waals surface area (Å²) in [6.07, 6.45) is 2.02. The maximum atomic E-state index is 6.31. The molecule has 4 rings (SSSR count). The monoisotopic (exact) mass is 299 g/mol. The molecular weight excluding hydrogens is 286 g/mol. The van der Waals surface area contributed by atoms with Crippen LogP contribution in [0.4, 0.5) is 5.82 Å². The lowest BCUT2D eigenvalue weighted by molar-refractivity contribution is 1.21. The molecule has 3 nitrogen and oxygen atoms in total. The van der Waals surface area contributed by atoms with E-state index in [0.29, 0.717) is 5.82 Å². The van der Waals surface area contributed by atoms with Crippen molar-refractivity contribution in [2.75, 3.05) is 5.73 Å². The van der Waals surface area contributed by atoms with Gasteiger partial charge < -0.3 is 5.73 Å². The van der Waals surface area contributed by atoms with Gasteiger partial charge in [-0.1, -0.05) is 0 Å². The third kappa shape index (κ3) is 1.53. The van der Waals surface area contributed by atoms with Crippen LogP contribution in [-0.2, 0) is 0 Å². The predicted molar refractivity (Wildman–Crippen MR) is 87.8 cm³/mol. The summed E-state index contributed by atoms with van der Waals surface area (Å²) in [6, 6.07) is 6.39. The Labute approximate surface area is 124 Å². The number of rotatable bonds is 1. The molecule has 5 heteroatoms. The Morgan fingerprint density at radius 1 is 1.25 bits per heavy atom. The molecule has 0 aromatic carbocycles. The van der Waals surface area contributed by atoms with Gasteiger partial charge in [0.05, 0.1) is 0 Å². The van der Waals surface area contributed by atoms with E-state index in [-0.39, 0.29) is 0 Å². The van der Waals surface area contributed by atoms with Crippen molar-refractivity contribution >= 4 is 44.2 Å². The molecule has 0 saturated carbocycles. The average Bonchev–Trinajstić information content (AvgIpc) is 3.07. The van der Waals surface area contributed by atoms with Crippen LogP contribution in [0.15, 0.2) is 29.8 Å². The Hall–Kier alpha value is -1.85. The van der Waals surface area contributed by atoms with Crippen LogP contribution >= 0.6 is 22.7 Å². The average molecular weight is 299 g/mol. The van der Waals surface area contributed by atoms with E-state index in [4.69, 9.17) is 10.7 Å². The molecule has 4 heterocycles. The van der Waals surface area contributed by atoms with Crippen molar-refractivity contribution in [1.29, 1.82) is 0 Å². The number of aryl methyl sites for hydroxylation is 2. The van der Waals surface area contributed by atoms with Gasteiger partial charge in [0.15, 0.2) is 0 Å². The maximum absolute atomic E-state index is 6.31. The zero-order valence-corrected chi connectivity index (χ0v) is 12.8. The van der Waals surface area contributed by atoms with Gasteiger partial charge in [0.1, 0.15) is 17.2 Å². The van der Waals surface area contributed by atoms with Gasteiger partial charge in [-0.3, -0.25) is 4.40 Å². The molecule has 0 spiro atoms. The molecule has 0 saturated heterocycles. The summed E-state index contributed by atoms with van der Waals surface area (Å²) in [6.45, 7) is 4.23. The number of anilines is 1. The highest BCUT2D eigenvalue weighted by Gasteiger charge is 2.16. The first-order valence-corrected chi connectivity index (χ1v) is 8.06. The Balaban J connectivity index is 2.12. The molecule has 0 aliphatic carbocycles. The minimum absolute atomic E-state index is 0.715. The molecule has 0 aliphatic heterocycles. The number of nitrogens with two attached hydrogens (primary N) is 1. The SMILES string of the molecule is Cc1cc2c(ccn3c(N)c(-c4ccsc4C)nc23)s1. The second-order valence-electron chi connectivity index (χ2n) is 4.88. The van der Waals surface area contributed by atoms with Gasteiger partial charge in [-0.25, -0.2) is 4.98 Å². The minimum Gasteiger partial charge on any atom is -0.383 e. The first kappa shape index (κ1) is 11.9. The standard InChI is InChI=1S/C15H13N3S2/c1-8-7-11-12(20-8)3-5-18-14(16)13(17-15(11)18)10-4-6-19-9(10)2/h3-7H,16H2,1-2H3. The van der Waals surface area contributed by atoms with Crippen LogP contribution in [0.2, 0.25) is 0 Å². The summed E-state index contributed by atoms with van der Waals surface area (Å²) in [5, 5.41) is 3.26. The fourth-order valence-corrected chi connectivity index (χ4v) is 4.20. The zero-order valence-electron chi connectivity index (χ0n) is 11.2. The first-order chi connectivity index (χ1) is 9.65. The van der Waals surface area contributed by atoms with E-state index >= 15 is 0 Å². The van der Waals surface area contributed by atoms with Crippen LogP contribution in [-0.4, -0.2) is 9.38 Å². The molecule has 0 bridgehead atoms. The largest absolute Gasteiger partial charge is 0.383 e. The quantitative estimate of drug-likeness (QED) is 0.563. The van der Waals surface area contributed by atoms with Crippen molar-refractivity contribution in [3.8, 4) is 11.3 Å². The lowest BCUT2D eigenvalue weighted by Gasteiger charge is -1.98. The van der Waals surface area contributed by atoms with Crippen LogP contribution in [0.3, 0.4) is 0 Å². The summed E-state index contributed by atoms with van der Waals surface area (Å²) in [7, 11) is 0. The Bertz CT molecular complexity index is 943. The highest BCUT2D eigenvalue weighted by atomic mass is 32.1. The molecule has 0 amide bonds. The van der Waals surface area contributed by atoms with Crippen molar-refractivity contribution in [3.05, 3.63) is 39.5 Å². The van der Waals surface area contributed by atoms with E-state index in [2.05, 4.69) is 37.4 Å². The summed E-state index contributed by atoms with van der Waals surface area (Å²) in [5.74, 6) is 0.715. The minimum atomic E-state index is 0.715. The molecule has 0 atom stereocenters. The summed E-state index contributed by atoms with van der Waals surface area (Å²) >= 11 is 3.51. The number of aromatic nitrogens is 2. The third-order valence-electron chi connectivity index (χ3n) is 3.56. The highest BCUT2D eigenvalue weighted by molar-refractivity contribution is 7.19. The second-order valence-corrected chi connectivity index (χ2v) is 7.29. The number of hydrogen-bond donors (Lipinski definition) is 1. The predicted octanol–water partition coefficient (Wildman–Crippen LogP) is 4.48. The zero-order chi connectivity index (χ0) is 13.9. The van der Waals surface area contributed by atoms with Crippen molar-refractivity contribution < 1.29 is 0 Å². The van der Waals surface area contributed by atoms with Gasteiger partial charge in [0.2, 0.25) is 0 Å². The first-order valence-electron chi connectivity index (χ1n) is 6.36. The lowest BCUT2D eigenvalue weighted by Crippen LogP contribution is -1.93. The number of thiophene rings is 2. The van der Waals surface area contributed by atoms with Gasteiger partial charge in [-0.15, -0.1) is 22.7 Å². The molecule has 0 aliphatic rings. The topological polar surface area (TPSA) is 43.3 Å². The molecule has 2 N–H and O–H groups in total. The van der Waals surface area contributed by atoms with Crippen molar-refractivity contribution in [2.45, 2.75) is 13.8 Å². The number of hydrogen-bond acceptors (Lipinski definition) is 4. The fraction of sp³-hybridized carbons (Fsp3) is 0.133. The molecule has 0 radical (unpaired) electrons. The van der Waals surface area contributed by atoms with E-state index in [0.717, 1.165) is 16.9 Å². The third-order valence-corrected chi connectivity index (χ3v) is 5.42. The number of pyridine rings is 1. The number of nitrogen functional groups attached to an aromatic ring is 1. The van der Waals surface area contributed by atoms with E-state index in [1.54, 1.807) is 22.7 Å². The van der Waals surface area contributed by atoms with Crippen LogP contribution in [0.1, 0.15) is 9.75 Å². The van der Waals surface area contributed by atoms with E-state index in [1.165, 1.54) is 19.8 Å². The van der Waals surface area contributed by atoms with Crippen molar-refractivity contribution in [2.24, 2.45) is 0 Å². The summed E-state index contributed by atoms with van der Waals surface area (Å²) < 4.78 is 3.24. The highest BCUT2D eigenvalue weighted by Crippen LogP contribution is 2.35. The number of imidazole rings is 1.